The van der Waals surface area contributed by atoms with Crippen molar-refractivity contribution in [2.24, 2.45) is 0 Å². The molecule has 2 heterocycles. The van der Waals surface area contributed by atoms with Crippen LogP contribution < -0.4 is 5.32 Å². The van der Waals surface area contributed by atoms with Crippen molar-refractivity contribution in [2.75, 3.05) is 6.54 Å². The minimum Gasteiger partial charge on any atom is -0.337 e. The maximum Gasteiger partial charge on any atom is 0.240 e. The summed E-state index contributed by atoms with van der Waals surface area (Å²) in [4.78, 5) is 8.45. The highest BCUT2D eigenvalue weighted by molar-refractivity contribution is 5.48. The summed E-state index contributed by atoms with van der Waals surface area (Å²) in [5.41, 5.74) is 1.87. The molecule has 84 valence electrons. The van der Waals surface area contributed by atoms with Crippen molar-refractivity contribution in [3.63, 3.8) is 0 Å². The van der Waals surface area contributed by atoms with E-state index in [1.807, 2.05) is 26.0 Å². The summed E-state index contributed by atoms with van der Waals surface area (Å²) < 4.78 is 5.10. The molecule has 2 aromatic heterocycles. The van der Waals surface area contributed by atoms with E-state index in [9.17, 15) is 0 Å². The lowest BCUT2D eigenvalue weighted by atomic mass is 10.2. The molecule has 0 radical (unpaired) electrons. The zero-order chi connectivity index (χ0) is 11.4. The monoisotopic (exact) mass is 218 g/mol. The summed E-state index contributed by atoms with van der Waals surface area (Å²) >= 11 is 0. The first-order valence-corrected chi connectivity index (χ1v) is 5.26. The molecule has 2 rings (SSSR count). The number of aromatic nitrogens is 3. The van der Waals surface area contributed by atoms with Gasteiger partial charge >= 0.3 is 0 Å². The lowest BCUT2D eigenvalue weighted by Gasteiger charge is -1.94. The molecule has 0 aliphatic rings. The van der Waals surface area contributed by atoms with Crippen LogP contribution in [0.25, 0.3) is 11.5 Å². The van der Waals surface area contributed by atoms with Gasteiger partial charge in [-0.25, -0.2) is 0 Å². The minimum atomic E-state index is 0.539. The Kier molecular flexibility index (Phi) is 3.26. The normalized spacial score (nSPS) is 10.6. The third kappa shape index (κ3) is 2.43. The van der Waals surface area contributed by atoms with E-state index in [4.69, 9.17) is 4.52 Å². The van der Waals surface area contributed by atoms with Crippen LogP contribution in [-0.2, 0) is 6.54 Å². The second-order valence-electron chi connectivity index (χ2n) is 3.51. The van der Waals surface area contributed by atoms with E-state index in [2.05, 4.69) is 20.4 Å². The summed E-state index contributed by atoms with van der Waals surface area (Å²) in [6.07, 6.45) is 1.74. The molecular weight excluding hydrogens is 204 g/mol. The van der Waals surface area contributed by atoms with Crippen molar-refractivity contribution in [3.05, 3.63) is 29.8 Å². The summed E-state index contributed by atoms with van der Waals surface area (Å²) in [5.74, 6) is 1.12. The number of nitrogens with zero attached hydrogens (tertiary/aromatic N) is 3. The molecule has 0 fully saturated rings. The van der Waals surface area contributed by atoms with Crippen LogP contribution in [0.4, 0.5) is 0 Å². The van der Waals surface area contributed by atoms with Crippen molar-refractivity contribution in [1.29, 1.82) is 0 Å². The summed E-state index contributed by atoms with van der Waals surface area (Å²) in [6, 6.07) is 3.87. The molecular formula is C11H14N4O. The smallest absolute Gasteiger partial charge is 0.240 e. The van der Waals surface area contributed by atoms with Gasteiger partial charge in [0.25, 0.3) is 0 Å². The molecule has 0 aliphatic carbocycles. The van der Waals surface area contributed by atoms with Crippen LogP contribution in [0.1, 0.15) is 18.4 Å². The third-order valence-electron chi connectivity index (χ3n) is 2.14. The highest BCUT2D eigenvalue weighted by atomic mass is 16.5. The number of rotatable bonds is 4. The Morgan fingerprint density at radius 3 is 3.06 bits per heavy atom. The van der Waals surface area contributed by atoms with Crippen LogP contribution in [0.5, 0.6) is 0 Å². The predicted molar refractivity (Wildman–Crippen MR) is 59.6 cm³/mol. The Morgan fingerprint density at radius 1 is 1.44 bits per heavy atom. The Bertz CT molecular complexity index is 467. The van der Waals surface area contributed by atoms with Gasteiger partial charge in [0.1, 0.15) is 5.69 Å². The highest BCUT2D eigenvalue weighted by Crippen LogP contribution is 2.13. The average Bonchev–Trinajstić information content (AvgIpc) is 2.75. The molecule has 0 spiro atoms. The molecule has 0 unspecified atom stereocenters. The summed E-state index contributed by atoms with van der Waals surface area (Å²) in [5, 5.41) is 7.02. The van der Waals surface area contributed by atoms with Crippen molar-refractivity contribution in [2.45, 2.75) is 20.4 Å². The van der Waals surface area contributed by atoms with Gasteiger partial charge in [-0.2, -0.15) is 4.98 Å². The number of pyridine rings is 1. The molecule has 0 aliphatic heterocycles. The number of hydrogen-bond donors (Lipinski definition) is 1. The van der Waals surface area contributed by atoms with E-state index in [1.165, 1.54) is 0 Å². The first kappa shape index (κ1) is 10.8. The van der Waals surface area contributed by atoms with E-state index < -0.39 is 0 Å². The van der Waals surface area contributed by atoms with Crippen LogP contribution in [0.15, 0.2) is 22.9 Å². The fourth-order valence-electron chi connectivity index (χ4n) is 1.32. The molecule has 0 aromatic carbocycles. The molecule has 5 nitrogen and oxygen atoms in total. The van der Waals surface area contributed by atoms with Crippen molar-refractivity contribution >= 4 is 0 Å². The first-order chi connectivity index (χ1) is 7.79. The Hall–Kier alpha value is -1.75. The second kappa shape index (κ2) is 4.85. The van der Waals surface area contributed by atoms with Crippen LogP contribution >= 0.6 is 0 Å². The highest BCUT2D eigenvalue weighted by Gasteiger charge is 2.08. The molecule has 0 saturated carbocycles. The van der Waals surface area contributed by atoms with E-state index in [0.29, 0.717) is 18.3 Å². The van der Waals surface area contributed by atoms with E-state index in [-0.39, 0.29) is 0 Å². The number of nitrogens with one attached hydrogen (secondary N) is 1. The lowest BCUT2D eigenvalue weighted by Crippen LogP contribution is -2.11. The van der Waals surface area contributed by atoms with Crippen LogP contribution in [0.3, 0.4) is 0 Å². The van der Waals surface area contributed by atoms with Gasteiger partial charge in [-0.3, -0.25) is 4.98 Å². The lowest BCUT2D eigenvalue weighted by molar-refractivity contribution is 0.369. The van der Waals surface area contributed by atoms with Gasteiger partial charge in [-0.1, -0.05) is 12.1 Å². The topological polar surface area (TPSA) is 63.8 Å². The van der Waals surface area contributed by atoms with Crippen molar-refractivity contribution in [3.8, 4) is 11.5 Å². The Labute approximate surface area is 93.9 Å². The quantitative estimate of drug-likeness (QED) is 0.843. The Morgan fingerprint density at radius 2 is 2.31 bits per heavy atom. The fraction of sp³-hybridized carbons (Fsp3) is 0.364. The molecule has 16 heavy (non-hydrogen) atoms. The fourth-order valence-corrected chi connectivity index (χ4v) is 1.32. The van der Waals surface area contributed by atoms with E-state index in [0.717, 1.165) is 17.8 Å². The van der Waals surface area contributed by atoms with E-state index >= 15 is 0 Å². The summed E-state index contributed by atoms with van der Waals surface area (Å²) in [7, 11) is 0. The van der Waals surface area contributed by atoms with Gasteiger partial charge in [0.15, 0.2) is 0 Å². The molecule has 1 N–H and O–H groups in total. The van der Waals surface area contributed by atoms with Gasteiger partial charge in [0.2, 0.25) is 11.7 Å². The predicted octanol–water partition coefficient (Wildman–Crippen LogP) is 1.55. The van der Waals surface area contributed by atoms with Crippen LogP contribution in [0, 0.1) is 6.92 Å². The molecule has 5 heteroatoms. The van der Waals surface area contributed by atoms with Crippen molar-refractivity contribution in [1.82, 2.24) is 20.4 Å². The zero-order valence-corrected chi connectivity index (χ0v) is 9.40. The molecule has 0 amide bonds. The summed E-state index contributed by atoms with van der Waals surface area (Å²) in [6.45, 7) is 5.50. The van der Waals surface area contributed by atoms with Gasteiger partial charge in [0.05, 0.1) is 6.54 Å². The first-order valence-electron chi connectivity index (χ1n) is 5.26. The van der Waals surface area contributed by atoms with E-state index in [1.54, 1.807) is 6.20 Å². The van der Waals surface area contributed by atoms with Gasteiger partial charge in [-0.05, 0) is 31.2 Å². The largest absolute Gasteiger partial charge is 0.337 e. The standard InChI is InChI=1S/C11H14N4O/c1-3-12-7-10-14-11(15-16-10)9-6-8(2)4-5-13-9/h4-6,12H,3,7H2,1-2H3. The van der Waals surface area contributed by atoms with Crippen molar-refractivity contribution < 1.29 is 4.52 Å². The van der Waals surface area contributed by atoms with Gasteiger partial charge in [-0.15, -0.1) is 0 Å². The second-order valence-corrected chi connectivity index (χ2v) is 3.51. The number of aryl methyl sites for hydroxylation is 1. The molecule has 0 atom stereocenters. The molecule has 0 bridgehead atoms. The van der Waals surface area contributed by atoms with Crippen LogP contribution in [0.2, 0.25) is 0 Å². The third-order valence-corrected chi connectivity index (χ3v) is 2.14. The maximum atomic E-state index is 5.10. The Balaban J connectivity index is 2.18. The SMILES string of the molecule is CCNCc1nc(-c2cc(C)ccn2)no1. The number of hydrogen-bond acceptors (Lipinski definition) is 5. The van der Waals surface area contributed by atoms with Crippen LogP contribution in [-0.4, -0.2) is 21.7 Å². The average molecular weight is 218 g/mol. The zero-order valence-electron chi connectivity index (χ0n) is 9.40. The maximum absolute atomic E-state index is 5.10. The molecule has 0 saturated heterocycles. The van der Waals surface area contributed by atoms with Gasteiger partial charge in [0, 0.05) is 6.20 Å². The van der Waals surface area contributed by atoms with Gasteiger partial charge < -0.3 is 9.84 Å². The minimum absolute atomic E-state index is 0.539. The molecule has 2 aromatic rings.